The van der Waals surface area contributed by atoms with E-state index in [0.717, 1.165) is 0 Å². The van der Waals surface area contributed by atoms with E-state index in [4.69, 9.17) is 0 Å². The van der Waals surface area contributed by atoms with Gasteiger partial charge in [-0.3, -0.25) is 0 Å². The van der Waals surface area contributed by atoms with Crippen LogP contribution in [0.4, 0.5) is 35.1 Å². The van der Waals surface area contributed by atoms with Gasteiger partial charge in [0, 0.05) is 27.7 Å². The van der Waals surface area contributed by atoms with Crippen molar-refractivity contribution in [1.82, 2.24) is 0 Å². The molecule has 21 heavy (non-hydrogen) atoms. The molecule has 0 saturated heterocycles. The zero-order valence-corrected chi connectivity index (χ0v) is 15.5. The molecule has 9 heteroatoms. The monoisotopic (exact) mass is 502 g/mol. The van der Waals surface area contributed by atoms with E-state index in [0.29, 0.717) is 0 Å². The summed E-state index contributed by atoms with van der Waals surface area (Å²) in [4.78, 5) is 0. The second-order valence-electron chi connectivity index (χ2n) is 3.41. The van der Waals surface area contributed by atoms with Crippen LogP contribution in [0.3, 0.4) is 0 Å². The molecular formula is C12H4F8Hg. The maximum atomic E-state index is 12.0. The molecule has 0 aliphatic heterocycles. The van der Waals surface area contributed by atoms with Gasteiger partial charge in [0.25, 0.3) is 0 Å². The molecule has 0 aromatic rings. The number of hydrogen-bond donors (Lipinski definition) is 0. The topological polar surface area (TPSA) is 0 Å². The third-order valence-electron chi connectivity index (χ3n) is 1.95. The predicted molar refractivity (Wildman–Crippen MR) is 53.7 cm³/mol. The Balaban J connectivity index is 0.000000364. The van der Waals surface area contributed by atoms with Crippen LogP contribution in [0.15, 0.2) is 58.6 Å². The molecule has 0 spiro atoms. The van der Waals surface area contributed by atoms with E-state index in [-0.39, 0.29) is 39.8 Å². The molecule has 0 saturated carbocycles. The van der Waals surface area contributed by atoms with Crippen molar-refractivity contribution in [2.75, 3.05) is 0 Å². The Labute approximate surface area is 134 Å². The molecule has 0 radical (unpaired) electrons. The van der Waals surface area contributed by atoms with Crippen molar-refractivity contribution in [3.05, 3.63) is 58.6 Å². The summed E-state index contributed by atoms with van der Waals surface area (Å²) in [6, 6.07) is 0. The van der Waals surface area contributed by atoms with Gasteiger partial charge in [0.2, 0.25) is 11.7 Å². The van der Waals surface area contributed by atoms with Crippen molar-refractivity contribution in [2.24, 2.45) is 0 Å². The van der Waals surface area contributed by atoms with Gasteiger partial charge in [0.05, 0.1) is 0 Å². The molecule has 0 fully saturated rings. The Kier molecular flexibility index (Phi) is 7.92. The smallest absolute Gasteiger partial charge is 0.203 e. The Hall–Kier alpha value is -1.10. The molecule has 2 aliphatic rings. The summed E-state index contributed by atoms with van der Waals surface area (Å²) in [7, 11) is 0. The van der Waals surface area contributed by atoms with Crippen molar-refractivity contribution < 1.29 is 62.8 Å². The zero-order chi connectivity index (χ0) is 15.4. The SMILES string of the molecule is FC1=C=C(F)C(F)C=C1F.FC1=C=C(F)C(F)C=C1F.[Hg]. The number of hydrogen-bond acceptors (Lipinski definition) is 0. The van der Waals surface area contributed by atoms with E-state index in [9.17, 15) is 35.1 Å². The van der Waals surface area contributed by atoms with Crippen LogP contribution >= 0.6 is 0 Å². The van der Waals surface area contributed by atoms with Gasteiger partial charge in [0.15, 0.2) is 35.7 Å². The predicted octanol–water partition coefficient (Wildman–Crippen LogP) is 4.99. The fraction of sp³-hybridized carbons (Fsp3) is 0.167. The molecule has 0 nitrogen and oxygen atoms in total. The van der Waals surface area contributed by atoms with E-state index >= 15 is 0 Å². The summed E-state index contributed by atoms with van der Waals surface area (Å²) in [6.45, 7) is 0. The van der Waals surface area contributed by atoms with Crippen molar-refractivity contribution in [2.45, 2.75) is 12.3 Å². The van der Waals surface area contributed by atoms with Crippen LogP contribution in [-0.2, 0) is 27.7 Å². The number of halogens is 8. The average Bonchev–Trinajstić information content (AvgIpc) is 2.35. The first-order chi connectivity index (χ1) is 9.22. The van der Waals surface area contributed by atoms with Gasteiger partial charge in [-0.15, -0.1) is 0 Å². The molecule has 0 N–H and O–H groups in total. The second-order valence-corrected chi connectivity index (χ2v) is 3.41. The first kappa shape index (κ1) is 19.9. The van der Waals surface area contributed by atoms with Crippen LogP contribution in [0.5, 0.6) is 0 Å². The minimum atomic E-state index is -2.19. The van der Waals surface area contributed by atoms with E-state index < -0.39 is 47.3 Å². The summed E-state index contributed by atoms with van der Waals surface area (Å²) in [5.74, 6) is -8.67. The molecule has 0 bridgehead atoms. The normalized spacial score (nSPS) is 24.0. The Morgan fingerprint density at radius 1 is 0.667 bits per heavy atom. The van der Waals surface area contributed by atoms with Gasteiger partial charge in [-0.2, -0.15) is 17.6 Å². The average molecular weight is 501 g/mol. The van der Waals surface area contributed by atoms with E-state index in [1.165, 1.54) is 11.5 Å². The standard InChI is InChI=1S/2C6H2F4.Hg/c2*7-3-1-4(8)6(10)2-5(3)9;/h2*1,3H;. The Morgan fingerprint density at radius 3 is 1.19 bits per heavy atom. The number of allylic oxidation sites excluding steroid dienone is 6. The first-order valence-electron chi connectivity index (χ1n) is 4.89. The molecule has 0 heterocycles. The number of alkyl halides is 2. The molecular weight excluding hydrogens is 497 g/mol. The summed E-state index contributed by atoms with van der Waals surface area (Å²) in [5, 5.41) is 0. The van der Waals surface area contributed by atoms with Gasteiger partial charge in [-0.05, 0) is 23.6 Å². The fourth-order valence-electron chi connectivity index (χ4n) is 1.02. The van der Waals surface area contributed by atoms with E-state index in [1.807, 2.05) is 0 Å². The van der Waals surface area contributed by atoms with Crippen LogP contribution in [0.2, 0.25) is 0 Å². The molecule has 2 rings (SSSR count). The summed E-state index contributed by atoms with van der Waals surface area (Å²) in [6.07, 6.45) is -3.97. The van der Waals surface area contributed by atoms with Crippen molar-refractivity contribution in [3.8, 4) is 0 Å². The van der Waals surface area contributed by atoms with Gasteiger partial charge in [-0.25, -0.2) is 17.6 Å². The summed E-state index contributed by atoms with van der Waals surface area (Å²) in [5.41, 5.74) is 2.52. The third-order valence-corrected chi connectivity index (χ3v) is 1.95. The Morgan fingerprint density at radius 2 is 0.952 bits per heavy atom. The maximum absolute atomic E-state index is 12.0. The van der Waals surface area contributed by atoms with E-state index in [1.54, 1.807) is 0 Å². The number of rotatable bonds is 0. The molecule has 2 atom stereocenters. The van der Waals surface area contributed by atoms with Crippen LogP contribution in [0.1, 0.15) is 0 Å². The van der Waals surface area contributed by atoms with Crippen molar-refractivity contribution >= 4 is 0 Å². The molecule has 2 unspecified atom stereocenters. The summed E-state index contributed by atoms with van der Waals surface area (Å²) >= 11 is 0. The quantitative estimate of drug-likeness (QED) is 0.250. The zero-order valence-electron chi connectivity index (χ0n) is 10.0. The van der Waals surface area contributed by atoms with Crippen LogP contribution in [0.25, 0.3) is 0 Å². The largest absolute Gasteiger partial charge is 0.234 e. The summed E-state index contributed by atoms with van der Waals surface area (Å²) < 4.78 is 95.8. The minimum absolute atomic E-state index is 0. The molecule has 0 amide bonds. The second kappa shape index (κ2) is 8.37. The third kappa shape index (κ3) is 5.65. The molecule has 2 aliphatic carbocycles. The van der Waals surface area contributed by atoms with Crippen LogP contribution < -0.4 is 0 Å². The minimum Gasteiger partial charge on any atom is -0.234 e. The molecule has 0 aromatic carbocycles. The van der Waals surface area contributed by atoms with E-state index in [2.05, 4.69) is 0 Å². The van der Waals surface area contributed by atoms with Gasteiger partial charge >= 0.3 is 0 Å². The maximum Gasteiger partial charge on any atom is 0.203 e. The van der Waals surface area contributed by atoms with Gasteiger partial charge in [0.1, 0.15) is 0 Å². The van der Waals surface area contributed by atoms with Crippen molar-refractivity contribution in [3.63, 3.8) is 0 Å². The van der Waals surface area contributed by atoms with Crippen LogP contribution in [0, 0.1) is 0 Å². The van der Waals surface area contributed by atoms with Crippen LogP contribution in [-0.4, -0.2) is 12.3 Å². The Bertz CT molecular complexity index is 549. The fourth-order valence-corrected chi connectivity index (χ4v) is 1.02. The van der Waals surface area contributed by atoms with Crippen molar-refractivity contribution in [1.29, 1.82) is 0 Å². The first-order valence-corrected chi connectivity index (χ1v) is 4.89. The van der Waals surface area contributed by atoms with Gasteiger partial charge in [-0.1, -0.05) is 0 Å². The molecule has 0 aromatic heterocycles. The van der Waals surface area contributed by atoms with Gasteiger partial charge < -0.3 is 0 Å². The molecule has 110 valence electrons.